The van der Waals surface area contributed by atoms with Gasteiger partial charge in [-0.2, -0.15) is 4.98 Å². The standard InChI is InChI=1S/C15H21N3OS2/c1-18(2)15-17-14(19-3)13(21-15)9-16-8-11-7-10-5-4-6-12(10)20-11/h7,16H,4-6,8-9H2,1-3H3. The van der Waals surface area contributed by atoms with E-state index in [9.17, 15) is 0 Å². The van der Waals surface area contributed by atoms with Crippen LogP contribution >= 0.6 is 22.7 Å². The van der Waals surface area contributed by atoms with Gasteiger partial charge in [0, 0.05) is 36.9 Å². The van der Waals surface area contributed by atoms with Gasteiger partial charge in [0.25, 0.3) is 0 Å². The number of hydrogen-bond donors (Lipinski definition) is 1. The summed E-state index contributed by atoms with van der Waals surface area (Å²) in [6.45, 7) is 1.73. The molecule has 0 spiro atoms. The van der Waals surface area contributed by atoms with Crippen LogP contribution in [0.3, 0.4) is 0 Å². The number of rotatable bonds is 6. The van der Waals surface area contributed by atoms with Crippen molar-refractivity contribution in [2.75, 3.05) is 26.1 Å². The van der Waals surface area contributed by atoms with Gasteiger partial charge in [0.05, 0.1) is 12.0 Å². The molecule has 6 heteroatoms. The van der Waals surface area contributed by atoms with E-state index in [0.717, 1.165) is 29.0 Å². The fourth-order valence-electron chi connectivity index (χ4n) is 2.57. The van der Waals surface area contributed by atoms with Gasteiger partial charge >= 0.3 is 0 Å². The second-order valence-electron chi connectivity index (χ2n) is 5.44. The molecule has 0 saturated heterocycles. The Bertz CT molecular complexity index is 597. The molecule has 4 nitrogen and oxygen atoms in total. The highest BCUT2D eigenvalue weighted by atomic mass is 32.1. The summed E-state index contributed by atoms with van der Waals surface area (Å²) in [5.41, 5.74) is 1.57. The summed E-state index contributed by atoms with van der Waals surface area (Å²) in [7, 11) is 5.69. The summed E-state index contributed by atoms with van der Waals surface area (Å²) in [6.07, 6.45) is 3.87. The number of thiophene rings is 1. The lowest BCUT2D eigenvalue weighted by atomic mass is 10.2. The Labute approximate surface area is 133 Å². The lowest BCUT2D eigenvalue weighted by Gasteiger charge is -2.05. The van der Waals surface area contributed by atoms with Gasteiger partial charge in [-0.1, -0.05) is 11.3 Å². The number of aromatic nitrogens is 1. The molecule has 21 heavy (non-hydrogen) atoms. The molecule has 0 fully saturated rings. The number of methoxy groups -OCH3 is 1. The van der Waals surface area contributed by atoms with Crippen LogP contribution in [0.1, 0.15) is 26.6 Å². The summed E-state index contributed by atoms with van der Waals surface area (Å²) < 4.78 is 5.36. The summed E-state index contributed by atoms with van der Waals surface area (Å²) in [4.78, 5) is 10.7. The third-order valence-electron chi connectivity index (χ3n) is 3.61. The van der Waals surface area contributed by atoms with E-state index >= 15 is 0 Å². The largest absolute Gasteiger partial charge is 0.480 e. The highest BCUT2D eigenvalue weighted by Crippen LogP contribution is 2.32. The molecule has 2 heterocycles. The lowest BCUT2D eigenvalue weighted by Crippen LogP contribution is -2.11. The predicted octanol–water partition coefficient (Wildman–Crippen LogP) is 3.06. The SMILES string of the molecule is COc1nc(N(C)C)sc1CNCc1cc2c(s1)CCC2. The number of ether oxygens (including phenoxy) is 1. The molecule has 0 atom stereocenters. The molecule has 1 aliphatic carbocycles. The maximum absolute atomic E-state index is 5.36. The lowest BCUT2D eigenvalue weighted by molar-refractivity contribution is 0.395. The Morgan fingerprint density at radius 2 is 2.14 bits per heavy atom. The highest BCUT2D eigenvalue weighted by Gasteiger charge is 2.15. The molecule has 114 valence electrons. The van der Waals surface area contributed by atoms with E-state index in [1.807, 2.05) is 30.3 Å². The van der Waals surface area contributed by atoms with Crippen molar-refractivity contribution in [3.05, 3.63) is 26.3 Å². The molecule has 1 N–H and O–H groups in total. The first kappa shape index (κ1) is 14.8. The third-order valence-corrected chi connectivity index (χ3v) is 6.05. The Kier molecular flexibility index (Phi) is 4.47. The van der Waals surface area contributed by atoms with E-state index in [1.54, 1.807) is 28.9 Å². The number of thiazole rings is 1. The molecule has 0 amide bonds. The van der Waals surface area contributed by atoms with Crippen molar-refractivity contribution in [3.63, 3.8) is 0 Å². The maximum Gasteiger partial charge on any atom is 0.230 e. The Morgan fingerprint density at radius 3 is 2.86 bits per heavy atom. The monoisotopic (exact) mass is 323 g/mol. The molecule has 0 aromatic carbocycles. The summed E-state index contributed by atoms with van der Waals surface area (Å²) in [5, 5.41) is 4.50. The normalized spacial score (nSPS) is 13.5. The van der Waals surface area contributed by atoms with Crippen molar-refractivity contribution >= 4 is 27.8 Å². The van der Waals surface area contributed by atoms with Gasteiger partial charge in [-0.15, -0.1) is 11.3 Å². The van der Waals surface area contributed by atoms with Crippen molar-refractivity contribution in [2.45, 2.75) is 32.4 Å². The topological polar surface area (TPSA) is 37.4 Å². The smallest absolute Gasteiger partial charge is 0.230 e. The number of hydrogen-bond acceptors (Lipinski definition) is 6. The minimum atomic E-state index is 0.741. The molecule has 0 radical (unpaired) electrons. The molecular formula is C15H21N3OS2. The van der Waals surface area contributed by atoms with Crippen LogP contribution in [0.25, 0.3) is 0 Å². The minimum Gasteiger partial charge on any atom is -0.480 e. The van der Waals surface area contributed by atoms with Crippen LogP contribution in [0.5, 0.6) is 5.88 Å². The zero-order valence-electron chi connectivity index (χ0n) is 12.7. The molecule has 0 saturated carbocycles. The fraction of sp³-hybridized carbons (Fsp3) is 0.533. The summed E-state index contributed by atoms with van der Waals surface area (Å²) in [5.74, 6) is 0.741. The molecule has 0 bridgehead atoms. The van der Waals surface area contributed by atoms with Gasteiger partial charge in [0.2, 0.25) is 5.88 Å². The average molecular weight is 323 g/mol. The quantitative estimate of drug-likeness (QED) is 0.886. The van der Waals surface area contributed by atoms with Crippen molar-refractivity contribution in [1.29, 1.82) is 0 Å². The molecule has 0 unspecified atom stereocenters. The zero-order chi connectivity index (χ0) is 14.8. The number of anilines is 1. The highest BCUT2D eigenvalue weighted by molar-refractivity contribution is 7.15. The van der Waals surface area contributed by atoms with Crippen LogP contribution in [-0.4, -0.2) is 26.2 Å². The molecule has 2 aromatic rings. The van der Waals surface area contributed by atoms with Gasteiger partial charge in [0.15, 0.2) is 5.13 Å². The molecule has 3 rings (SSSR count). The van der Waals surface area contributed by atoms with E-state index in [1.165, 1.54) is 24.1 Å². The van der Waals surface area contributed by atoms with E-state index in [2.05, 4.69) is 16.4 Å². The number of fused-ring (bicyclic) bond motifs is 1. The first-order valence-electron chi connectivity index (χ1n) is 7.19. The van der Waals surface area contributed by atoms with Gasteiger partial charge in [-0.05, 0) is 30.9 Å². The Hall–Kier alpha value is -1.11. The first-order chi connectivity index (χ1) is 10.2. The van der Waals surface area contributed by atoms with E-state index in [0.29, 0.717) is 0 Å². The molecule has 2 aromatic heterocycles. The van der Waals surface area contributed by atoms with Crippen LogP contribution in [-0.2, 0) is 25.9 Å². The number of nitrogens with zero attached hydrogens (tertiary/aromatic N) is 2. The number of aryl methyl sites for hydroxylation is 2. The van der Waals surface area contributed by atoms with Crippen LogP contribution in [0, 0.1) is 0 Å². The van der Waals surface area contributed by atoms with Crippen molar-refractivity contribution < 1.29 is 4.74 Å². The minimum absolute atomic E-state index is 0.741. The molecule has 1 aliphatic rings. The van der Waals surface area contributed by atoms with Crippen molar-refractivity contribution in [3.8, 4) is 5.88 Å². The summed E-state index contributed by atoms with van der Waals surface area (Å²) in [6, 6.07) is 2.37. The second kappa shape index (κ2) is 6.34. The van der Waals surface area contributed by atoms with Gasteiger partial charge in [0.1, 0.15) is 0 Å². The van der Waals surface area contributed by atoms with Gasteiger partial charge in [-0.25, -0.2) is 0 Å². The second-order valence-corrected chi connectivity index (χ2v) is 7.72. The Balaban J connectivity index is 1.59. The maximum atomic E-state index is 5.36. The third kappa shape index (κ3) is 3.22. The molecule has 0 aliphatic heterocycles. The van der Waals surface area contributed by atoms with Crippen molar-refractivity contribution in [1.82, 2.24) is 10.3 Å². The zero-order valence-corrected chi connectivity index (χ0v) is 14.4. The average Bonchev–Trinajstić information content (AvgIpc) is 3.11. The first-order valence-corrected chi connectivity index (χ1v) is 8.83. The van der Waals surface area contributed by atoms with Crippen LogP contribution in [0.15, 0.2) is 6.07 Å². The van der Waals surface area contributed by atoms with E-state index in [4.69, 9.17) is 4.74 Å². The Morgan fingerprint density at radius 1 is 1.29 bits per heavy atom. The van der Waals surface area contributed by atoms with Crippen LogP contribution in [0.2, 0.25) is 0 Å². The van der Waals surface area contributed by atoms with Crippen molar-refractivity contribution in [2.24, 2.45) is 0 Å². The number of nitrogens with one attached hydrogen (secondary N) is 1. The van der Waals surface area contributed by atoms with E-state index in [-0.39, 0.29) is 0 Å². The van der Waals surface area contributed by atoms with E-state index < -0.39 is 0 Å². The van der Waals surface area contributed by atoms with Gasteiger partial charge in [-0.3, -0.25) is 0 Å². The van der Waals surface area contributed by atoms with Crippen LogP contribution in [0.4, 0.5) is 5.13 Å². The van der Waals surface area contributed by atoms with Gasteiger partial charge < -0.3 is 15.0 Å². The molecular weight excluding hydrogens is 302 g/mol. The summed E-state index contributed by atoms with van der Waals surface area (Å²) >= 11 is 3.65. The fourth-order valence-corrected chi connectivity index (χ4v) is 4.72. The van der Waals surface area contributed by atoms with Crippen LogP contribution < -0.4 is 15.0 Å². The predicted molar refractivity (Wildman–Crippen MR) is 89.9 cm³/mol.